The predicted octanol–water partition coefficient (Wildman–Crippen LogP) is 5.41. The second-order valence-electron chi connectivity index (χ2n) is 7.87. The fourth-order valence-corrected chi connectivity index (χ4v) is 4.63. The zero-order chi connectivity index (χ0) is 19.5. The first-order valence-corrected chi connectivity index (χ1v) is 10.6. The molecule has 4 heteroatoms. The molecule has 0 aliphatic carbocycles. The van der Waals surface area contributed by atoms with Crippen LogP contribution in [0, 0.1) is 5.92 Å². The monoisotopic (exact) mass is 378 g/mol. The van der Waals surface area contributed by atoms with Crippen LogP contribution in [0.3, 0.4) is 0 Å². The van der Waals surface area contributed by atoms with E-state index in [1.807, 2.05) is 0 Å². The summed E-state index contributed by atoms with van der Waals surface area (Å²) in [5.41, 5.74) is 5.38. The number of rotatable bonds is 7. The Hall–Kier alpha value is -2.49. The molecule has 0 spiro atoms. The summed E-state index contributed by atoms with van der Waals surface area (Å²) in [6.07, 6.45) is 12.5. The minimum atomic E-state index is -0.200. The molecular formula is C24H30N2O2. The van der Waals surface area contributed by atoms with Crippen molar-refractivity contribution in [2.45, 2.75) is 51.9 Å². The Kier molecular flexibility index (Phi) is 5.56. The first-order valence-electron chi connectivity index (χ1n) is 10.6. The third-order valence-corrected chi connectivity index (χ3v) is 6.09. The van der Waals surface area contributed by atoms with Crippen molar-refractivity contribution < 1.29 is 9.53 Å². The lowest BCUT2D eigenvalue weighted by atomic mass is 9.85. The van der Waals surface area contributed by atoms with Crippen molar-refractivity contribution in [3.8, 4) is 0 Å². The summed E-state index contributed by atoms with van der Waals surface area (Å²) in [7, 11) is 1.49. The maximum atomic E-state index is 12.8. The van der Waals surface area contributed by atoms with E-state index >= 15 is 0 Å². The standard InChI is InChI=1S/C24H30N2O2/c1-3-4-5-6-7-10-17-13-15-26-16-14-19-18-11-8-9-12-20(18)25-22(19)23(26)21(17)24(27)28-2/h8-9,11-13,15,17,25H,3-7,10,14,16H2,1-2H3/t17-/m1/s1. The number of esters is 1. The van der Waals surface area contributed by atoms with Gasteiger partial charge in [0.1, 0.15) is 0 Å². The number of hydrogen-bond acceptors (Lipinski definition) is 3. The van der Waals surface area contributed by atoms with Crippen LogP contribution in [-0.4, -0.2) is 29.5 Å². The molecule has 0 saturated heterocycles. The highest BCUT2D eigenvalue weighted by molar-refractivity contribution is 6.01. The number of carbonyl (C=O) groups is 1. The highest BCUT2D eigenvalue weighted by atomic mass is 16.5. The lowest BCUT2D eigenvalue weighted by Crippen LogP contribution is -2.32. The van der Waals surface area contributed by atoms with Crippen molar-refractivity contribution in [3.63, 3.8) is 0 Å². The first-order chi connectivity index (χ1) is 13.7. The molecule has 1 N–H and O–H groups in total. The lowest BCUT2D eigenvalue weighted by molar-refractivity contribution is -0.136. The number of nitrogens with one attached hydrogen (secondary N) is 1. The van der Waals surface area contributed by atoms with Crippen LogP contribution in [0.1, 0.15) is 56.7 Å². The third-order valence-electron chi connectivity index (χ3n) is 6.09. The zero-order valence-electron chi connectivity index (χ0n) is 17.0. The van der Waals surface area contributed by atoms with Crippen molar-refractivity contribution >= 4 is 22.6 Å². The molecule has 2 aromatic rings. The Morgan fingerprint density at radius 1 is 1.21 bits per heavy atom. The van der Waals surface area contributed by atoms with Crippen LogP contribution in [0.5, 0.6) is 0 Å². The Balaban J connectivity index is 1.71. The SMILES string of the molecule is CCCCCCC[C@@H]1C=CN2CCc3c([nH]c4ccccc34)C2=C1C(=O)OC. The number of unbranched alkanes of at least 4 members (excludes halogenated alkanes) is 4. The van der Waals surface area contributed by atoms with Gasteiger partial charge in [0.05, 0.1) is 24.1 Å². The molecule has 4 rings (SSSR count). The molecule has 0 radical (unpaired) electrons. The van der Waals surface area contributed by atoms with Crippen LogP contribution in [-0.2, 0) is 16.0 Å². The van der Waals surface area contributed by atoms with Crippen molar-refractivity contribution in [2.24, 2.45) is 5.92 Å². The number of benzene rings is 1. The number of fused-ring (bicyclic) bond motifs is 5. The van der Waals surface area contributed by atoms with Gasteiger partial charge < -0.3 is 14.6 Å². The van der Waals surface area contributed by atoms with Crippen LogP contribution >= 0.6 is 0 Å². The number of aromatic nitrogens is 1. The largest absolute Gasteiger partial charge is 0.466 e. The number of methoxy groups -OCH3 is 1. The maximum absolute atomic E-state index is 12.8. The molecule has 148 valence electrons. The number of allylic oxidation sites excluding steroid dienone is 1. The number of H-pyrrole nitrogens is 1. The fourth-order valence-electron chi connectivity index (χ4n) is 4.63. The normalized spacial score (nSPS) is 18.4. The van der Waals surface area contributed by atoms with E-state index in [0.717, 1.165) is 48.3 Å². The topological polar surface area (TPSA) is 45.3 Å². The van der Waals surface area contributed by atoms with Gasteiger partial charge >= 0.3 is 5.97 Å². The summed E-state index contributed by atoms with van der Waals surface area (Å²) in [5, 5.41) is 1.26. The second-order valence-corrected chi connectivity index (χ2v) is 7.87. The first kappa shape index (κ1) is 18.9. The third kappa shape index (κ3) is 3.36. The van der Waals surface area contributed by atoms with Crippen LogP contribution < -0.4 is 0 Å². The summed E-state index contributed by atoms with van der Waals surface area (Å²) >= 11 is 0. The Morgan fingerprint density at radius 3 is 2.86 bits per heavy atom. The van der Waals surface area contributed by atoms with E-state index < -0.39 is 0 Å². The number of carbonyl (C=O) groups excluding carboxylic acids is 1. The highest BCUT2D eigenvalue weighted by Gasteiger charge is 2.35. The van der Waals surface area contributed by atoms with Gasteiger partial charge in [0.15, 0.2) is 0 Å². The van der Waals surface area contributed by atoms with E-state index in [9.17, 15) is 4.79 Å². The molecule has 2 aliphatic heterocycles. The van der Waals surface area contributed by atoms with Crippen LogP contribution in [0.4, 0.5) is 0 Å². The van der Waals surface area contributed by atoms with Crippen molar-refractivity contribution in [3.05, 3.63) is 53.4 Å². The average Bonchev–Trinajstić information content (AvgIpc) is 3.11. The molecule has 0 amide bonds. The maximum Gasteiger partial charge on any atom is 0.336 e. The minimum Gasteiger partial charge on any atom is -0.466 e. The van der Waals surface area contributed by atoms with Gasteiger partial charge in [0.25, 0.3) is 0 Å². The Bertz CT molecular complexity index is 922. The smallest absolute Gasteiger partial charge is 0.336 e. The van der Waals surface area contributed by atoms with E-state index in [-0.39, 0.29) is 11.9 Å². The molecule has 0 bridgehead atoms. The van der Waals surface area contributed by atoms with E-state index in [1.165, 1.54) is 43.7 Å². The zero-order valence-corrected chi connectivity index (χ0v) is 17.0. The molecule has 3 heterocycles. The van der Waals surface area contributed by atoms with Gasteiger partial charge in [-0.25, -0.2) is 4.79 Å². The number of hydrogen-bond donors (Lipinski definition) is 1. The van der Waals surface area contributed by atoms with Crippen molar-refractivity contribution in [1.29, 1.82) is 0 Å². The number of para-hydroxylation sites is 1. The molecule has 1 aromatic carbocycles. The van der Waals surface area contributed by atoms with E-state index in [1.54, 1.807) is 0 Å². The van der Waals surface area contributed by atoms with E-state index in [0.29, 0.717) is 0 Å². The average molecular weight is 379 g/mol. The number of ether oxygens (including phenoxy) is 1. The van der Waals surface area contributed by atoms with Crippen LogP contribution in [0.2, 0.25) is 0 Å². The van der Waals surface area contributed by atoms with Gasteiger partial charge in [0.2, 0.25) is 0 Å². The molecule has 2 aliphatic rings. The molecule has 4 nitrogen and oxygen atoms in total. The summed E-state index contributed by atoms with van der Waals surface area (Å²) in [6.45, 7) is 3.13. The van der Waals surface area contributed by atoms with Gasteiger partial charge in [-0.15, -0.1) is 0 Å². The second kappa shape index (κ2) is 8.26. The van der Waals surface area contributed by atoms with Crippen LogP contribution in [0.15, 0.2) is 42.1 Å². The number of aromatic amines is 1. The summed E-state index contributed by atoms with van der Waals surface area (Å²) in [6, 6.07) is 8.42. The van der Waals surface area contributed by atoms with Crippen molar-refractivity contribution in [1.82, 2.24) is 9.88 Å². The quantitative estimate of drug-likeness (QED) is 0.517. The molecule has 0 fully saturated rings. The highest BCUT2D eigenvalue weighted by Crippen LogP contribution is 2.41. The Labute approximate surface area is 167 Å². The molecule has 1 atom stereocenters. The molecule has 1 aromatic heterocycles. The van der Waals surface area contributed by atoms with Gasteiger partial charge in [-0.3, -0.25) is 0 Å². The predicted molar refractivity (Wildman–Crippen MR) is 114 cm³/mol. The summed E-state index contributed by atoms with van der Waals surface area (Å²) in [5.74, 6) is -0.0768. The van der Waals surface area contributed by atoms with Gasteiger partial charge in [-0.05, 0) is 24.5 Å². The lowest BCUT2D eigenvalue weighted by Gasteiger charge is -2.35. The van der Waals surface area contributed by atoms with Gasteiger partial charge in [0, 0.05) is 29.6 Å². The number of nitrogens with zero attached hydrogens (tertiary/aromatic N) is 1. The van der Waals surface area contributed by atoms with Gasteiger partial charge in [-0.2, -0.15) is 0 Å². The summed E-state index contributed by atoms with van der Waals surface area (Å²) < 4.78 is 5.23. The Morgan fingerprint density at radius 2 is 2.04 bits per heavy atom. The van der Waals surface area contributed by atoms with Crippen LogP contribution in [0.25, 0.3) is 16.6 Å². The molecule has 28 heavy (non-hydrogen) atoms. The fraction of sp³-hybridized carbons (Fsp3) is 0.458. The molecule has 0 saturated carbocycles. The van der Waals surface area contributed by atoms with E-state index in [2.05, 4.69) is 53.3 Å². The minimum absolute atomic E-state index is 0.123. The molecular weight excluding hydrogens is 348 g/mol. The summed E-state index contributed by atoms with van der Waals surface area (Å²) in [4.78, 5) is 18.6. The van der Waals surface area contributed by atoms with Crippen molar-refractivity contribution in [2.75, 3.05) is 13.7 Å². The van der Waals surface area contributed by atoms with Gasteiger partial charge in [-0.1, -0.05) is 63.3 Å². The van der Waals surface area contributed by atoms with E-state index in [4.69, 9.17) is 4.74 Å². The molecule has 0 unspecified atom stereocenters.